The van der Waals surface area contributed by atoms with Crippen LogP contribution in [0.3, 0.4) is 0 Å². The monoisotopic (exact) mass is 351 g/mol. The lowest BCUT2D eigenvalue weighted by Crippen LogP contribution is -2.23. The van der Waals surface area contributed by atoms with Gasteiger partial charge in [-0.2, -0.15) is 0 Å². The molecule has 2 aromatic rings. The van der Waals surface area contributed by atoms with E-state index in [1.165, 1.54) is 5.56 Å². The van der Waals surface area contributed by atoms with E-state index < -0.39 is 0 Å². The molecule has 2 rings (SSSR count). The number of aryl methyl sites for hydroxylation is 2. The van der Waals surface area contributed by atoms with Crippen LogP contribution in [0.5, 0.6) is 5.75 Å². The Hall–Kier alpha value is -1.26. The van der Waals surface area contributed by atoms with Crippen LogP contribution >= 0.6 is 15.9 Å². The second-order valence-electron chi connectivity index (χ2n) is 4.99. The summed E-state index contributed by atoms with van der Waals surface area (Å²) in [5.74, 6) is 1.91. The van der Waals surface area contributed by atoms with Crippen molar-refractivity contribution in [2.75, 3.05) is 13.7 Å². The molecule has 3 nitrogen and oxygen atoms in total. The first-order valence-corrected chi connectivity index (χ1v) is 8.05. The summed E-state index contributed by atoms with van der Waals surface area (Å²) in [6.07, 6.45) is 2.63. The van der Waals surface area contributed by atoms with Gasteiger partial charge in [-0.1, -0.05) is 29.8 Å². The van der Waals surface area contributed by atoms with E-state index in [-0.39, 0.29) is 6.04 Å². The SMILES string of the molecule is CCNC(c1cc(Br)c(C)cc1OC)c1ccoc1CC. The molecule has 114 valence electrons. The van der Waals surface area contributed by atoms with E-state index in [1.807, 2.05) is 6.07 Å². The van der Waals surface area contributed by atoms with Crippen molar-refractivity contribution in [1.29, 1.82) is 0 Å². The Morgan fingerprint density at radius 2 is 2.05 bits per heavy atom. The smallest absolute Gasteiger partial charge is 0.124 e. The average molecular weight is 352 g/mol. The van der Waals surface area contributed by atoms with Gasteiger partial charge in [-0.25, -0.2) is 0 Å². The van der Waals surface area contributed by atoms with Crippen LogP contribution in [-0.4, -0.2) is 13.7 Å². The molecular formula is C17H22BrNO2. The summed E-state index contributed by atoms with van der Waals surface area (Å²) in [6.45, 7) is 7.14. The van der Waals surface area contributed by atoms with Crippen LogP contribution in [0, 0.1) is 6.92 Å². The Kier molecular flexibility index (Phi) is 5.48. The fourth-order valence-corrected chi connectivity index (χ4v) is 2.92. The highest BCUT2D eigenvalue weighted by molar-refractivity contribution is 9.10. The van der Waals surface area contributed by atoms with Crippen molar-refractivity contribution in [3.63, 3.8) is 0 Å². The van der Waals surface area contributed by atoms with Gasteiger partial charge in [-0.05, 0) is 37.2 Å². The van der Waals surface area contributed by atoms with Gasteiger partial charge in [0.1, 0.15) is 11.5 Å². The number of ether oxygens (including phenoxy) is 1. The van der Waals surface area contributed by atoms with Gasteiger partial charge in [0, 0.05) is 22.0 Å². The van der Waals surface area contributed by atoms with Crippen molar-refractivity contribution in [2.45, 2.75) is 33.2 Å². The largest absolute Gasteiger partial charge is 0.496 e. The summed E-state index contributed by atoms with van der Waals surface area (Å²) in [5, 5.41) is 3.54. The van der Waals surface area contributed by atoms with Crippen LogP contribution in [0.25, 0.3) is 0 Å². The van der Waals surface area contributed by atoms with Crippen LogP contribution < -0.4 is 10.1 Å². The Balaban J connectivity index is 2.55. The zero-order chi connectivity index (χ0) is 15.4. The topological polar surface area (TPSA) is 34.4 Å². The number of furan rings is 1. The van der Waals surface area contributed by atoms with Gasteiger partial charge in [0.25, 0.3) is 0 Å². The molecule has 0 aliphatic rings. The molecule has 1 heterocycles. The molecule has 0 saturated heterocycles. The Labute approximate surface area is 134 Å². The number of hydrogen-bond acceptors (Lipinski definition) is 3. The van der Waals surface area contributed by atoms with E-state index in [9.17, 15) is 0 Å². The minimum absolute atomic E-state index is 0.0653. The predicted octanol–water partition coefficient (Wildman–Crippen LogP) is 4.62. The summed E-state index contributed by atoms with van der Waals surface area (Å²) in [5.41, 5.74) is 3.45. The van der Waals surface area contributed by atoms with Gasteiger partial charge in [0.2, 0.25) is 0 Å². The van der Waals surface area contributed by atoms with Gasteiger partial charge >= 0.3 is 0 Å². The van der Waals surface area contributed by atoms with Crippen molar-refractivity contribution in [2.24, 2.45) is 0 Å². The van der Waals surface area contributed by atoms with E-state index in [4.69, 9.17) is 9.15 Å². The molecule has 0 bridgehead atoms. The lowest BCUT2D eigenvalue weighted by atomic mass is 9.96. The van der Waals surface area contributed by atoms with Crippen molar-refractivity contribution >= 4 is 15.9 Å². The number of nitrogens with one attached hydrogen (secondary N) is 1. The molecule has 0 amide bonds. The van der Waals surface area contributed by atoms with Crippen molar-refractivity contribution in [3.05, 3.63) is 51.4 Å². The number of hydrogen-bond donors (Lipinski definition) is 1. The van der Waals surface area contributed by atoms with E-state index in [2.05, 4.69) is 54.2 Å². The molecular weight excluding hydrogens is 330 g/mol. The van der Waals surface area contributed by atoms with Crippen molar-refractivity contribution < 1.29 is 9.15 Å². The minimum Gasteiger partial charge on any atom is -0.496 e. The molecule has 4 heteroatoms. The molecule has 1 aromatic carbocycles. The van der Waals surface area contributed by atoms with Crippen LogP contribution in [-0.2, 0) is 6.42 Å². The van der Waals surface area contributed by atoms with Gasteiger partial charge in [-0.15, -0.1) is 0 Å². The first-order chi connectivity index (χ1) is 10.1. The molecule has 0 spiro atoms. The maximum absolute atomic E-state index is 5.60. The van der Waals surface area contributed by atoms with Crippen LogP contribution in [0.1, 0.15) is 42.3 Å². The van der Waals surface area contributed by atoms with E-state index in [0.717, 1.165) is 40.1 Å². The maximum atomic E-state index is 5.60. The van der Waals surface area contributed by atoms with E-state index in [1.54, 1.807) is 13.4 Å². The first-order valence-electron chi connectivity index (χ1n) is 7.26. The third-order valence-corrected chi connectivity index (χ3v) is 4.50. The van der Waals surface area contributed by atoms with Gasteiger partial charge in [0.15, 0.2) is 0 Å². The lowest BCUT2D eigenvalue weighted by Gasteiger charge is -2.22. The quantitative estimate of drug-likeness (QED) is 0.824. The molecule has 0 saturated carbocycles. The minimum atomic E-state index is 0.0653. The van der Waals surface area contributed by atoms with Crippen molar-refractivity contribution in [3.8, 4) is 5.75 Å². The standard InChI is InChI=1S/C17H22BrNO2/c1-5-15-12(7-8-21-15)17(19-6-2)13-10-14(18)11(3)9-16(13)20-4/h7-10,17,19H,5-6H2,1-4H3. The lowest BCUT2D eigenvalue weighted by molar-refractivity contribution is 0.403. The molecule has 0 aliphatic heterocycles. The van der Waals surface area contributed by atoms with Gasteiger partial charge in [0.05, 0.1) is 19.4 Å². The molecule has 0 aliphatic carbocycles. The number of halogens is 1. The summed E-state index contributed by atoms with van der Waals surface area (Å²) in [6, 6.07) is 6.30. The van der Waals surface area contributed by atoms with E-state index in [0.29, 0.717) is 0 Å². The highest BCUT2D eigenvalue weighted by Gasteiger charge is 2.22. The van der Waals surface area contributed by atoms with Crippen LogP contribution in [0.4, 0.5) is 0 Å². The molecule has 21 heavy (non-hydrogen) atoms. The summed E-state index contributed by atoms with van der Waals surface area (Å²) in [7, 11) is 1.71. The summed E-state index contributed by atoms with van der Waals surface area (Å²) >= 11 is 3.62. The Bertz CT molecular complexity index is 607. The maximum Gasteiger partial charge on any atom is 0.124 e. The highest BCUT2D eigenvalue weighted by Crippen LogP contribution is 2.36. The average Bonchev–Trinajstić information content (AvgIpc) is 2.95. The molecule has 0 fully saturated rings. The molecule has 1 aromatic heterocycles. The predicted molar refractivity (Wildman–Crippen MR) is 89.0 cm³/mol. The fourth-order valence-electron chi connectivity index (χ4n) is 2.56. The Morgan fingerprint density at radius 3 is 2.67 bits per heavy atom. The molecule has 0 radical (unpaired) electrons. The molecule has 1 atom stereocenters. The zero-order valence-corrected chi connectivity index (χ0v) is 14.6. The fraction of sp³-hybridized carbons (Fsp3) is 0.412. The molecule has 1 N–H and O–H groups in total. The second kappa shape index (κ2) is 7.14. The van der Waals surface area contributed by atoms with Crippen LogP contribution in [0.15, 0.2) is 33.4 Å². The number of benzene rings is 1. The molecule has 1 unspecified atom stereocenters. The normalized spacial score (nSPS) is 12.4. The third kappa shape index (κ3) is 3.33. The third-order valence-electron chi connectivity index (χ3n) is 3.64. The summed E-state index contributed by atoms with van der Waals surface area (Å²) < 4.78 is 12.3. The van der Waals surface area contributed by atoms with E-state index >= 15 is 0 Å². The number of rotatable bonds is 6. The van der Waals surface area contributed by atoms with Crippen molar-refractivity contribution in [1.82, 2.24) is 5.32 Å². The second-order valence-corrected chi connectivity index (χ2v) is 5.84. The highest BCUT2D eigenvalue weighted by atomic mass is 79.9. The van der Waals surface area contributed by atoms with Crippen LogP contribution in [0.2, 0.25) is 0 Å². The summed E-state index contributed by atoms with van der Waals surface area (Å²) in [4.78, 5) is 0. The van der Waals surface area contributed by atoms with Gasteiger partial charge in [-0.3, -0.25) is 0 Å². The first kappa shape index (κ1) is 16.1. The van der Waals surface area contributed by atoms with Gasteiger partial charge < -0.3 is 14.5 Å². The number of methoxy groups -OCH3 is 1. The zero-order valence-electron chi connectivity index (χ0n) is 13.0. The Morgan fingerprint density at radius 1 is 1.29 bits per heavy atom.